The maximum absolute atomic E-state index is 13.7. The molecule has 4 aromatic rings. The van der Waals surface area contributed by atoms with Crippen molar-refractivity contribution in [1.82, 2.24) is 0 Å². The highest BCUT2D eigenvalue weighted by Crippen LogP contribution is 2.53. The molecule has 4 aromatic carbocycles. The first-order valence-corrected chi connectivity index (χ1v) is 11.9. The summed E-state index contributed by atoms with van der Waals surface area (Å²) in [5.41, 5.74) is 1.29. The summed E-state index contributed by atoms with van der Waals surface area (Å²) in [6.07, 6.45) is 0. The van der Waals surface area contributed by atoms with Gasteiger partial charge in [-0.2, -0.15) is 0 Å². The molecule has 0 aliphatic heterocycles. The van der Waals surface area contributed by atoms with Gasteiger partial charge < -0.3 is 30.3 Å². The van der Waals surface area contributed by atoms with Crippen molar-refractivity contribution in [3.8, 4) is 45.6 Å². The Labute approximate surface area is 215 Å². The fourth-order valence-electron chi connectivity index (χ4n) is 5.28. The van der Waals surface area contributed by atoms with Crippen molar-refractivity contribution in [2.75, 3.05) is 7.11 Å². The minimum Gasteiger partial charge on any atom is -0.508 e. The van der Waals surface area contributed by atoms with Crippen LogP contribution in [0.25, 0.3) is 21.9 Å². The quantitative estimate of drug-likeness (QED) is 0.207. The summed E-state index contributed by atoms with van der Waals surface area (Å²) >= 11 is 3.48. The van der Waals surface area contributed by atoms with Gasteiger partial charge in [-0.15, -0.1) is 0 Å². The summed E-state index contributed by atoms with van der Waals surface area (Å²) in [4.78, 5) is 13.7. The van der Waals surface area contributed by atoms with Crippen LogP contribution in [0.4, 0.5) is 0 Å². The predicted octanol–water partition coefficient (Wildman–Crippen LogP) is 5.98. The minimum absolute atomic E-state index is 0.00602. The maximum Gasteiger partial charge on any atom is 0.201 e. The van der Waals surface area contributed by atoms with E-state index in [1.165, 1.54) is 31.4 Å². The van der Waals surface area contributed by atoms with Crippen LogP contribution in [0.5, 0.6) is 34.5 Å². The average molecular weight is 551 g/mol. The van der Waals surface area contributed by atoms with Gasteiger partial charge in [-0.3, -0.25) is 4.79 Å². The maximum atomic E-state index is 13.7. The zero-order valence-electron chi connectivity index (χ0n) is 19.9. The predicted molar refractivity (Wildman–Crippen MR) is 139 cm³/mol. The number of hydrogen-bond acceptors (Lipinski definition) is 7. The van der Waals surface area contributed by atoms with Crippen molar-refractivity contribution >= 4 is 32.5 Å². The molecule has 0 saturated heterocycles. The molecule has 1 aliphatic rings. The van der Waals surface area contributed by atoms with E-state index in [0.29, 0.717) is 43.4 Å². The highest BCUT2D eigenvalue weighted by atomic mass is 79.9. The molecule has 0 radical (unpaired) electrons. The smallest absolute Gasteiger partial charge is 0.201 e. The fraction of sp³-hybridized carbons (Fsp3) is 0.179. The minimum atomic E-state index is -0.882. The number of rotatable bonds is 2. The molecule has 0 aromatic heterocycles. The van der Waals surface area contributed by atoms with Crippen LogP contribution in [0.3, 0.4) is 0 Å². The van der Waals surface area contributed by atoms with E-state index in [2.05, 4.69) is 15.9 Å². The highest BCUT2D eigenvalue weighted by Gasteiger charge is 2.41. The molecule has 8 heteroatoms. The van der Waals surface area contributed by atoms with Crippen LogP contribution in [0, 0.1) is 6.92 Å². The number of ketones is 1. The Morgan fingerprint density at radius 3 is 2.08 bits per heavy atom. The van der Waals surface area contributed by atoms with Gasteiger partial charge in [-0.25, -0.2) is 0 Å². The first-order chi connectivity index (χ1) is 16.9. The molecule has 0 amide bonds. The van der Waals surface area contributed by atoms with Gasteiger partial charge in [0.05, 0.1) is 22.7 Å². The number of halogens is 1. The van der Waals surface area contributed by atoms with Crippen molar-refractivity contribution in [3.05, 3.63) is 68.7 Å². The zero-order valence-corrected chi connectivity index (χ0v) is 21.5. The van der Waals surface area contributed by atoms with Gasteiger partial charge in [0.25, 0.3) is 0 Å². The van der Waals surface area contributed by atoms with E-state index in [4.69, 9.17) is 4.74 Å². The van der Waals surface area contributed by atoms with Gasteiger partial charge in [0.2, 0.25) is 5.78 Å². The Hall–Kier alpha value is -3.91. The lowest BCUT2D eigenvalue weighted by atomic mass is 9.67. The molecule has 0 heterocycles. The highest BCUT2D eigenvalue weighted by molar-refractivity contribution is 9.10. The van der Waals surface area contributed by atoms with Gasteiger partial charge in [-0.05, 0) is 69.2 Å². The molecule has 0 saturated carbocycles. The van der Waals surface area contributed by atoms with Crippen LogP contribution in [-0.2, 0) is 5.41 Å². The number of ether oxygens (including phenoxy) is 1. The lowest BCUT2D eigenvalue weighted by Crippen LogP contribution is -2.30. The Morgan fingerprint density at radius 2 is 1.42 bits per heavy atom. The van der Waals surface area contributed by atoms with Gasteiger partial charge in [0.15, 0.2) is 0 Å². The fourth-order valence-corrected chi connectivity index (χ4v) is 5.75. The molecule has 0 fully saturated rings. The lowest BCUT2D eigenvalue weighted by Gasteiger charge is -2.35. The average Bonchev–Trinajstić information content (AvgIpc) is 2.79. The van der Waals surface area contributed by atoms with Gasteiger partial charge in [-0.1, -0.05) is 13.8 Å². The van der Waals surface area contributed by atoms with Crippen molar-refractivity contribution in [2.45, 2.75) is 26.2 Å². The van der Waals surface area contributed by atoms with E-state index in [1.54, 1.807) is 13.0 Å². The van der Waals surface area contributed by atoms with Crippen molar-refractivity contribution in [1.29, 1.82) is 0 Å². The Bertz CT molecular complexity index is 1640. The molecule has 184 valence electrons. The van der Waals surface area contributed by atoms with Crippen LogP contribution >= 0.6 is 15.9 Å². The number of methoxy groups -OCH3 is 1. The van der Waals surface area contributed by atoms with Crippen molar-refractivity contribution in [2.24, 2.45) is 0 Å². The van der Waals surface area contributed by atoms with E-state index in [0.717, 1.165) is 6.07 Å². The molecule has 0 atom stereocenters. The molecule has 0 spiro atoms. The van der Waals surface area contributed by atoms with E-state index in [-0.39, 0.29) is 45.3 Å². The second kappa shape index (κ2) is 7.80. The van der Waals surface area contributed by atoms with Crippen LogP contribution in [0.2, 0.25) is 0 Å². The lowest BCUT2D eigenvalue weighted by molar-refractivity contribution is 0.102. The Kier molecular flexibility index (Phi) is 5.16. The largest absolute Gasteiger partial charge is 0.508 e. The summed E-state index contributed by atoms with van der Waals surface area (Å²) in [5.74, 6) is -1.32. The standard InChI is InChI=1S/C28H23BrO7/c1-11-21(19(33)10-20(36-4)25(11)29)15-7-13(30)5-12-6-16-24(26(34)22(12)15)27(35)23-17(28(16,2)3)8-14(31)9-18(23)32/h5-10,30-34H,1-4H3. The molecular weight excluding hydrogens is 528 g/mol. The third-order valence-corrected chi connectivity index (χ3v) is 8.02. The topological polar surface area (TPSA) is 127 Å². The molecule has 7 nitrogen and oxygen atoms in total. The third-order valence-electron chi connectivity index (χ3n) is 7.03. The van der Waals surface area contributed by atoms with Gasteiger partial charge in [0, 0.05) is 34.1 Å². The van der Waals surface area contributed by atoms with Gasteiger partial charge in [0.1, 0.15) is 34.5 Å². The van der Waals surface area contributed by atoms with E-state index >= 15 is 0 Å². The summed E-state index contributed by atoms with van der Waals surface area (Å²) in [5, 5.41) is 54.4. The van der Waals surface area contributed by atoms with E-state index in [9.17, 15) is 30.3 Å². The molecule has 5 N–H and O–H groups in total. The van der Waals surface area contributed by atoms with Crippen LogP contribution in [0.15, 0.2) is 40.9 Å². The monoisotopic (exact) mass is 550 g/mol. The summed E-state index contributed by atoms with van der Waals surface area (Å²) in [6, 6.07) is 8.54. The van der Waals surface area contributed by atoms with Crippen LogP contribution < -0.4 is 4.74 Å². The van der Waals surface area contributed by atoms with Crippen molar-refractivity contribution < 1.29 is 35.1 Å². The number of carbonyl (C=O) groups is 1. The summed E-state index contributed by atoms with van der Waals surface area (Å²) in [6.45, 7) is 5.39. The van der Waals surface area contributed by atoms with Crippen LogP contribution in [-0.4, -0.2) is 38.4 Å². The number of phenols is 5. The SMILES string of the molecule is COc1cc(O)c(-c2cc(O)cc3cc4c(c(O)c23)C(=O)c2c(O)cc(O)cc2C4(C)C)c(C)c1Br. The van der Waals surface area contributed by atoms with E-state index < -0.39 is 11.2 Å². The van der Waals surface area contributed by atoms with Crippen molar-refractivity contribution in [3.63, 3.8) is 0 Å². The second-order valence-corrected chi connectivity index (χ2v) is 10.3. The normalized spacial score (nSPS) is 14.0. The second-order valence-electron chi connectivity index (χ2n) is 9.49. The number of phenolic OH excluding ortho intramolecular Hbond substituents is 5. The molecular formula is C28H23BrO7. The summed E-state index contributed by atoms with van der Waals surface area (Å²) in [7, 11) is 1.47. The number of fused-ring (bicyclic) bond motifs is 3. The van der Waals surface area contributed by atoms with Crippen LogP contribution in [0.1, 0.15) is 46.5 Å². The zero-order chi connectivity index (χ0) is 26.3. The van der Waals surface area contributed by atoms with Gasteiger partial charge >= 0.3 is 0 Å². The van der Waals surface area contributed by atoms with E-state index in [1.807, 2.05) is 13.8 Å². The third kappa shape index (κ3) is 3.14. The molecule has 0 unspecified atom stereocenters. The Balaban J connectivity index is 1.92. The molecule has 0 bridgehead atoms. The molecule has 36 heavy (non-hydrogen) atoms. The number of hydrogen-bond donors (Lipinski definition) is 5. The number of carbonyl (C=O) groups excluding carboxylic acids is 1. The first-order valence-electron chi connectivity index (χ1n) is 11.1. The Morgan fingerprint density at radius 1 is 0.806 bits per heavy atom. The summed E-state index contributed by atoms with van der Waals surface area (Å²) < 4.78 is 5.89. The molecule has 5 rings (SSSR count). The first kappa shape index (κ1) is 23.8. The molecule has 1 aliphatic carbocycles. The number of benzene rings is 4. The number of aromatic hydroxyl groups is 5.